The molecule has 0 amide bonds. The molecule has 0 nitrogen and oxygen atoms in total. The average molecular weight is 286 g/mol. The SMILES string of the molecule is BC1CCCCCCC1CBBC1CCCCCCCC1. The van der Waals surface area contributed by atoms with Crippen molar-refractivity contribution in [1.29, 1.82) is 0 Å². The van der Waals surface area contributed by atoms with Crippen molar-refractivity contribution < 1.29 is 0 Å². The van der Waals surface area contributed by atoms with E-state index in [0.29, 0.717) is 0 Å². The van der Waals surface area contributed by atoms with Crippen molar-refractivity contribution in [2.45, 2.75) is 108 Å². The lowest BCUT2D eigenvalue weighted by Crippen LogP contribution is -2.19. The minimum absolute atomic E-state index is 1.01. The van der Waals surface area contributed by atoms with Gasteiger partial charge in [-0.1, -0.05) is 114 Å². The molecule has 2 aliphatic carbocycles. The van der Waals surface area contributed by atoms with E-state index in [1.807, 2.05) is 0 Å². The minimum atomic E-state index is 1.01. The van der Waals surface area contributed by atoms with E-state index in [0.717, 1.165) is 17.6 Å². The lowest BCUT2D eigenvalue weighted by atomic mass is 9.30. The second kappa shape index (κ2) is 10.8. The van der Waals surface area contributed by atoms with Crippen molar-refractivity contribution in [1.82, 2.24) is 0 Å². The van der Waals surface area contributed by atoms with Crippen LogP contribution in [0.3, 0.4) is 0 Å². The first-order valence-electron chi connectivity index (χ1n) is 10.4. The molecule has 2 saturated carbocycles. The van der Waals surface area contributed by atoms with Gasteiger partial charge in [-0.05, 0) is 0 Å². The highest BCUT2D eigenvalue weighted by atomic mass is 14.2. The van der Waals surface area contributed by atoms with E-state index in [1.54, 1.807) is 20.0 Å². The lowest BCUT2D eigenvalue weighted by molar-refractivity contribution is 0.404. The first kappa shape index (κ1) is 17.5. The van der Waals surface area contributed by atoms with Crippen LogP contribution in [0, 0.1) is 5.92 Å². The predicted octanol–water partition coefficient (Wildman–Crippen LogP) is 4.51. The third-order valence-electron chi connectivity index (χ3n) is 6.45. The second-order valence-corrected chi connectivity index (χ2v) is 8.22. The molecule has 0 aromatic carbocycles. The molecule has 2 rings (SSSR count). The summed E-state index contributed by atoms with van der Waals surface area (Å²) >= 11 is 0. The molecule has 0 aromatic rings. The zero-order valence-electron chi connectivity index (χ0n) is 14.8. The Kier molecular flexibility index (Phi) is 9.06. The van der Waals surface area contributed by atoms with Crippen molar-refractivity contribution in [2.24, 2.45) is 5.92 Å². The highest BCUT2D eigenvalue weighted by Gasteiger charge is 2.20. The predicted molar refractivity (Wildman–Crippen MR) is 103 cm³/mol. The molecule has 3 heteroatoms. The van der Waals surface area contributed by atoms with Gasteiger partial charge in [-0.3, -0.25) is 0 Å². The summed E-state index contributed by atoms with van der Waals surface area (Å²) in [5.74, 6) is 3.14. The maximum Gasteiger partial charge on any atom is 0.105 e. The van der Waals surface area contributed by atoms with Crippen LogP contribution < -0.4 is 0 Å². The Balaban J connectivity index is 1.65. The normalized spacial score (nSPS) is 30.3. The molecule has 0 heterocycles. The van der Waals surface area contributed by atoms with Gasteiger partial charge < -0.3 is 0 Å². The molecule has 21 heavy (non-hydrogen) atoms. The monoisotopic (exact) mass is 286 g/mol. The van der Waals surface area contributed by atoms with Crippen molar-refractivity contribution in [2.75, 3.05) is 0 Å². The van der Waals surface area contributed by atoms with E-state index in [2.05, 4.69) is 7.85 Å². The number of hydrogen-bond acceptors (Lipinski definition) is 0. The maximum absolute atomic E-state index is 2.54. The smallest absolute Gasteiger partial charge is 0.0822 e. The fourth-order valence-electron chi connectivity index (χ4n) is 4.85. The first-order chi connectivity index (χ1) is 10.4. The van der Waals surface area contributed by atoms with Gasteiger partial charge in [0.2, 0.25) is 0 Å². The summed E-state index contributed by atoms with van der Waals surface area (Å²) < 4.78 is 0. The quantitative estimate of drug-likeness (QED) is 0.667. The Morgan fingerprint density at radius 2 is 1.19 bits per heavy atom. The van der Waals surface area contributed by atoms with E-state index in [1.165, 1.54) is 90.5 Å². The molecule has 0 spiro atoms. The second-order valence-electron chi connectivity index (χ2n) is 8.22. The van der Waals surface area contributed by atoms with Gasteiger partial charge in [-0.25, -0.2) is 0 Å². The van der Waals surface area contributed by atoms with Crippen LogP contribution in [0.15, 0.2) is 0 Å². The largest absolute Gasteiger partial charge is 0.105 e. The maximum atomic E-state index is 2.54. The summed E-state index contributed by atoms with van der Waals surface area (Å²) in [5, 5.41) is 0. The molecule has 2 aliphatic rings. The van der Waals surface area contributed by atoms with E-state index in [9.17, 15) is 0 Å². The third-order valence-corrected chi connectivity index (χ3v) is 6.45. The van der Waals surface area contributed by atoms with Gasteiger partial charge in [-0.15, -0.1) is 0 Å². The molecule has 0 saturated heterocycles. The van der Waals surface area contributed by atoms with Crippen LogP contribution in [0.5, 0.6) is 0 Å². The standard InChI is InChI=1S/C18H37B3/c19-18-14-10-6-5-7-11-16(18)15-20-21-17-12-8-3-1-2-4-9-13-17/h16-18,20-21H,1-15,19H2. The molecule has 0 aromatic heterocycles. The highest BCUT2D eigenvalue weighted by Crippen LogP contribution is 2.33. The molecular weight excluding hydrogens is 249 g/mol. The van der Waals surface area contributed by atoms with Crippen LogP contribution in [0.25, 0.3) is 0 Å². The van der Waals surface area contributed by atoms with E-state index in [4.69, 9.17) is 0 Å². The van der Waals surface area contributed by atoms with Crippen LogP contribution in [0.1, 0.15) is 89.9 Å². The Labute approximate surface area is 136 Å². The fourth-order valence-corrected chi connectivity index (χ4v) is 4.85. The topological polar surface area (TPSA) is 0 Å². The molecule has 2 unspecified atom stereocenters. The van der Waals surface area contributed by atoms with Crippen LogP contribution in [-0.2, 0) is 0 Å². The Morgan fingerprint density at radius 3 is 1.86 bits per heavy atom. The van der Waals surface area contributed by atoms with Crippen LogP contribution in [0.4, 0.5) is 0 Å². The summed E-state index contributed by atoms with van der Waals surface area (Å²) in [6, 6.07) is 0. The first-order valence-corrected chi connectivity index (χ1v) is 10.4. The van der Waals surface area contributed by atoms with E-state index < -0.39 is 0 Å². The highest BCUT2D eigenvalue weighted by molar-refractivity contribution is 7.01. The summed E-state index contributed by atoms with van der Waals surface area (Å²) in [7, 11) is 5.61. The molecule has 2 fully saturated rings. The molecular formula is C18H37B3. The zero-order chi connectivity index (χ0) is 14.8. The molecule has 0 aliphatic heterocycles. The van der Waals surface area contributed by atoms with Gasteiger partial charge >= 0.3 is 0 Å². The van der Waals surface area contributed by atoms with Gasteiger partial charge in [0.25, 0.3) is 0 Å². The summed E-state index contributed by atoms with van der Waals surface area (Å²) in [6.45, 7) is 0. The van der Waals surface area contributed by atoms with Crippen LogP contribution in [-0.4, -0.2) is 22.2 Å². The van der Waals surface area contributed by atoms with Gasteiger partial charge in [0.15, 0.2) is 0 Å². The average Bonchev–Trinajstić information content (AvgIpc) is 2.60. The Hall–Kier alpha value is 0.195. The third kappa shape index (κ3) is 7.33. The van der Waals surface area contributed by atoms with E-state index in [-0.39, 0.29) is 0 Å². The zero-order valence-corrected chi connectivity index (χ0v) is 14.8. The fraction of sp³-hybridized carbons (Fsp3) is 1.00. The van der Waals surface area contributed by atoms with Crippen molar-refractivity contribution in [3.63, 3.8) is 0 Å². The lowest BCUT2D eigenvalue weighted by Gasteiger charge is -2.27. The molecule has 0 radical (unpaired) electrons. The van der Waals surface area contributed by atoms with Crippen LogP contribution >= 0.6 is 0 Å². The Morgan fingerprint density at radius 1 is 0.667 bits per heavy atom. The van der Waals surface area contributed by atoms with Crippen molar-refractivity contribution >= 4 is 22.2 Å². The van der Waals surface area contributed by atoms with Gasteiger partial charge in [0.05, 0.1) is 14.3 Å². The number of rotatable bonds is 4. The number of hydrogen-bond donors (Lipinski definition) is 0. The van der Waals surface area contributed by atoms with Gasteiger partial charge in [0.1, 0.15) is 7.85 Å². The Bertz CT molecular complexity index is 247. The van der Waals surface area contributed by atoms with Crippen LogP contribution in [0.2, 0.25) is 18.0 Å². The molecule has 118 valence electrons. The molecule has 0 bridgehead atoms. The van der Waals surface area contributed by atoms with Crippen molar-refractivity contribution in [3.8, 4) is 0 Å². The van der Waals surface area contributed by atoms with E-state index >= 15 is 0 Å². The summed E-state index contributed by atoms with van der Waals surface area (Å²) in [4.78, 5) is 0. The summed E-state index contributed by atoms with van der Waals surface area (Å²) in [6.07, 6.45) is 22.8. The van der Waals surface area contributed by atoms with Gasteiger partial charge in [0, 0.05) is 0 Å². The van der Waals surface area contributed by atoms with Crippen molar-refractivity contribution in [3.05, 3.63) is 0 Å². The molecule has 2 atom stereocenters. The summed E-state index contributed by atoms with van der Waals surface area (Å²) in [5.41, 5.74) is 0. The molecule has 0 N–H and O–H groups in total. The van der Waals surface area contributed by atoms with Gasteiger partial charge in [-0.2, -0.15) is 0 Å². The minimum Gasteiger partial charge on any atom is -0.0822 e.